The number of hydrogen-bond donors (Lipinski definition) is 0. The van der Waals surface area contributed by atoms with Crippen LogP contribution in [0.5, 0.6) is 11.5 Å². The molecule has 3 aromatic rings. The average molecular weight is 388 g/mol. The van der Waals surface area contributed by atoms with Crippen molar-refractivity contribution in [2.45, 2.75) is 19.4 Å². The van der Waals surface area contributed by atoms with Gasteiger partial charge >= 0.3 is 0 Å². The van der Waals surface area contributed by atoms with E-state index in [0.29, 0.717) is 11.5 Å². The van der Waals surface area contributed by atoms with E-state index in [1.807, 2.05) is 48.5 Å². The molecule has 0 fully saturated rings. The molecule has 0 N–H and O–H groups in total. The third-order valence-electron chi connectivity index (χ3n) is 5.07. The Morgan fingerprint density at radius 2 is 1.79 bits per heavy atom. The van der Waals surface area contributed by atoms with Gasteiger partial charge in [-0.05, 0) is 66.4 Å². The van der Waals surface area contributed by atoms with E-state index >= 15 is 0 Å². The van der Waals surface area contributed by atoms with Gasteiger partial charge in [0.15, 0.2) is 5.78 Å². The van der Waals surface area contributed by atoms with Crippen molar-refractivity contribution < 1.29 is 18.7 Å². The minimum absolute atomic E-state index is 0.0896. The van der Waals surface area contributed by atoms with E-state index in [-0.39, 0.29) is 18.2 Å². The maximum absolute atomic E-state index is 13.1. The predicted molar refractivity (Wildman–Crippen MR) is 111 cm³/mol. The Kier molecular flexibility index (Phi) is 5.43. The maximum Gasteiger partial charge on any atom is 0.189 e. The van der Waals surface area contributed by atoms with Crippen LogP contribution in [0.15, 0.2) is 72.3 Å². The summed E-state index contributed by atoms with van der Waals surface area (Å²) in [6, 6.07) is 19.4. The standard InChI is InChI=1S/C25H21FO3/c1-28-24-13-6-17(15-20(24)16-29-22-11-9-21(26)10-12-22)14-19-8-7-18-4-2-3-5-23(18)25(19)27/h2-6,9-15H,7-8,16H2,1H3/b19-14-. The van der Waals surface area contributed by atoms with Gasteiger partial charge in [-0.3, -0.25) is 4.79 Å². The van der Waals surface area contributed by atoms with E-state index in [1.165, 1.54) is 12.1 Å². The van der Waals surface area contributed by atoms with Gasteiger partial charge in [-0.1, -0.05) is 30.3 Å². The zero-order chi connectivity index (χ0) is 20.2. The average Bonchev–Trinajstić information content (AvgIpc) is 2.75. The molecule has 1 aliphatic rings. The monoisotopic (exact) mass is 388 g/mol. The Morgan fingerprint density at radius 1 is 1.00 bits per heavy atom. The van der Waals surface area contributed by atoms with Gasteiger partial charge in [-0.25, -0.2) is 4.39 Å². The first-order valence-corrected chi connectivity index (χ1v) is 9.52. The van der Waals surface area contributed by atoms with Crippen LogP contribution in [0.4, 0.5) is 4.39 Å². The van der Waals surface area contributed by atoms with E-state index in [9.17, 15) is 9.18 Å². The van der Waals surface area contributed by atoms with Gasteiger partial charge in [0, 0.05) is 16.7 Å². The topological polar surface area (TPSA) is 35.5 Å². The number of carbonyl (C=O) groups is 1. The van der Waals surface area contributed by atoms with Crippen molar-refractivity contribution in [2.24, 2.45) is 0 Å². The van der Waals surface area contributed by atoms with Gasteiger partial charge in [-0.2, -0.15) is 0 Å². The molecule has 0 spiro atoms. The molecule has 0 aliphatic heterocycles. The molecule has 0 unspecified atom stereocenters. The summed E-state index contributed by atoms with van der Waals surface area (Å²) in [6.07, 6.45) is 3.53. The van der Waals surface area contributed by atoms with E-state index in [2.05, 4.69) is 0 Å². The SMILES string of the molecule is COc1ccc(/C=C2/CCc3ccccc3C2=O)cc1COc1ccc(F)cc1. The molecule has 29 heavy (non-hydrogen) atoms. The molecule has 0 atom stereocenters. The van der Waals surface area contributed by atoms with E-state index in [0.717, 1.165) is 40.7 Å². The van der Waals surface area contributed by atoms with Crippen LogP contribution in [-0.4, -0.2) is 12.9 Å². The molecule has 0 saturated heterocycles. The van der Waals surface area contributed by atoms with Gasteiger partial charge in [0.2, 0.25) is 0 Å². The first-order chi connectivity index (χ1) is 14.1. The lowest BCUT2D eigenvalue weighted by atomic mass is 9.86. The number of carbonyl (C=O) groups excluding carboxylic acids is 1. The molecule has 0 radical (unpaired) electrons. The van der Waals surface area contributed by atoms with Crippen LogP contribution in [0.3, 0.4) is 0 Å². The lowest BCUT2D eigenvalue weighted by Crippen LogP contribution is -2.13. The number of Topliss-reactive ketones (excluding diaryl/α,β-unsaturated/α-hetero) is 1. The number of ketones is 1. The molecule has 0 amide bonds. The van der Waals surface area contributed by atoms with Crippen molar-refractivity contribution in [3.05, 3.63) is 100 Å². The third-order valence-corrected chi connectivity index (χ3v) is 5.07. The minimum atomic E-state index is -0.303. The molecule has 3 nitrogen and oxygen atoms in total. The van der Waals surface area contributed by atoms with Crippen molar-refractivity contribution in [1.82, 2.24) is 0 Å². The number of fused-ring (bicyclic) bond motifs is 1. The Bertz CT molecular complexity index is 1070. The Hall–Kier alpha value is -3.40. The number of halogens is 1. The Balaban J connectivity index is 1.57. The number of benzene rings is 3. The smallest absolute Gasteiger partial charge is 0.189 e. The molecule has 1 aliphatic carbocycles. The summed E-state index contributed by atoms with van der Waals surface area (Å²) in [5.74, 6) is 1.07. The zero-order valence-electron chi connectivity index (χ0n) is 16.2. The summed E-state index contributed by atoms with van der Waals surface area (Å²) >= 11 is 0. The van der Waals surface area contributed by atoms with Crippen molar-refractivity contribution in [1.29, 1.82) is 0 Å². The van der Waals surface area contributed by atoms with Crippen LogP contribution in [0, 0.1) is 5.82 Å². The largest absolute Gasteiger partial charge is 0.496 e. The van der Waals surface area contributed by atoms with Crippen molar-refractivity contribution >= 4 is 11.9 Å². The number of allylic oxidation sites excluding steroid dienone is 1. The Morgan fingerprint density at radius 3 is 2.59 bits per heavy atom. The van der Waals surface area contributed by atoms with Crippen LogP contribution < -0.4 is 9.47 Å². The van der Waals surface area contributed by atoms with E-state index in [4.69, 9.17) is 9.47 Å². The summed E-state index contributed by atoms with van der Waals surface area (Å²) in [5.41, 5.74) is 4.48. The summed E-state index contributed by atoms with van der Waals surface area (Å²) in [5, 5.41) is 0. The highest BCUT2D eigenvalue weighted by atomic mass is 19.1. The quantitative estimate of drug-likeness (QED) is 0.532. The second-order valence-corrected chi connectivity index (χ2v) is 6.97. The van der Waals surface area contributed by atoms with Crippen LogP contribution in [0.25, 0.3) is 6.08 Å². The van der Waals surface area contributed by atoms with Gasteiger partial charge in [-0.15, -0.1) is 0 Å². The van der Waals surface area contributed by atoms with E-state index in [1.54, 1.807) is 19.2 Å². The van der Waals surface area contributed by atoms with Gasteiger partial charge in [0.1, 0.15) is 23.9 Å². The number of aryl methyl sites for hydroxylation is 1. The van der Waals surface area contributed by atoms with Crippen LogP contribution in [0.2, 0.25) is 0 Å². The van der Waals surface area contributed by atoms with Crippen LogP contribution in [-0.2, 0) is 13.0 Å². The fourth-order valence-corrected chi connectivity index (χ4v) is 3.55. The summed E-state index contributed by atoms with van der Waals surface area (Å²) in [6.45, 7) is 0.280. The van der Waals surface area contributed by atoms with Crippen LogP contribution in [0.1, 0.15) is 33.5 Å². The molecular formula is C25H21FO3. The highest BCUT2D eigenvalue weighted by molar-refractivity contribution is 6.13. The minimum Gasteiger partial charge on any atom is -0.496 e. The molecule has 146 valence electrons. The number of methoxy groups -OCH3 is 1. The van der Waals surface area contributed by atoms with Crippen molar-refractivity contribution in [2.75, 3.05) is 7.11 Å². The molecule has 0 saturated carbocycles. The maximum atomic E-state index is 13.1. The molecular weight excluding hydrogens is 367 g/mol. The van der Waals surface area contributed by atoms with Gasteiger partial charge < -0.3 is 9.47 Å². The predicted octanol–water partition coefficient (Wildman–Crippen LogP) is 5.63. The van der Waals surface area contributed by atoms with Crippen LogP contribution >= 0.6 is 0 Å². The summed E-state index contributed by atoms with van der Waals surface area (Å²) in [4.78, 5) is 12.8. The van der Waals surface area contributed by atoms with Crippen molar-refractivity contribution in [3.63, 3.8) is 0 Å². The first kappa shape index (κ1) is 18.9. The normalized spacial score (nSPS) is 14.6. The highest BCUT2D eigenvalue weighted by Gasteiger charge is 2.21. The van der Waals surface area contributed by atoms with Gasteiger partial charge in [0.25, 0.3) is 0 Å². The number of hydrogen-bond acceptors (Lipinski definition) is 3. The number of rotatable bonds is 5. The fourth-order valence-electron chi connectivity index (χ4n) is 3.55. The fraction of sp³-hybridized carbons (Fsp3) is 0.160. The third kappa shape index (κ3) is 4.21. The summed E-state index contributed by atoms with van der Waals surface area (Å²) < 4.78 is 24.3. The Labute approximate surface area is 169 Å². The van der Waals surface area contributed by atoms with Crippen molar-refractivity contribution in [3.8, 4) is 11.5 Å². The summed E-state index contributed by atoms with van der Waals surface area (Å²) in [7, 11) is 1.61. The second kappa shape index (κ2) is 8.31. The highest BCUT2D eigenvalue weighted by Crippen LogP contribution is 2.28. The van der Waals surface area contributed by atoms with E-state index < -0.39 is 0 Å². The first-order valence-electron chi connectivity index (χ1n) is 9.52. The molecule has 0 aromatic heterocycles. The molecule has 3 aromatic carbocycles. The molecule has 0 heterocycles. The molecule has 4 heteroatoms. The van der Waals surface area contributed by atoms with Gasteiger partial charge in [0.05, 0.1) is 7.11 Å². The second-order valence-electron chi connectivity index (χ2n) is 6.97. The lowest BCUT2D eigenvalue weighted by Gasteiger charge is -2.17. The molecule has 4 rings (SSSR count). The molecule has 0 bridgehead atoms. The number of ether oxygens (including phenoxy) is 2. The zero-order valence-corrected chi connectivity index (χ0v) is 16.2. The lowest BCUT2D eigenvalue weighted by molar-refractivity contribution is 0.102.